The summed E-state index contributed by atoms with van der Waals surface area (Å²) >= 11 is 0. The van der Waals surface area contributed by atoms with Gasteiger partial charge in [-0.3, -0.25) is 9.05 Å². The third kappa shape index (κ3) is 6.22. The molecule has 15 heteroatoms. The van der Waals surface area contributed by atoms with Crippen LogP contribution in [0, 0.1) is 0 Å². The summed E-state index contributed by atoms with van der Waals surface area (Å²) in [6, 6.07) is 0. The Morgan fingerprint density at radius 1 is 1.14 bits per heavy atom. The van der Waals surface area contributed by atoms with Gasteiger partial charge in [0, 0.05) is 0 Å². The molecule has 0 aromatic heterocycles. The van der Waals surface area contributed by atoms with Gasteiger partial charge in [-0.05, 0) is 0 Å². The summed E-state index contributed by atoms with van der Waals surface area (Å²) in [4.78, 5) is 34.2. The van der Waals surface area contributed by atoms with Crippen molar-refractivity contribution in [3.63, 3.8) is 0 Å². The predicted octanol–water partition coefficient (Wildman–Crippen LogP) is -6.61. The number of rotatable bonds is 6. The van der Waals surface area contributed by atoms with E-state index in [2.05, 4.69) is 9.05 Å². The molecule has 21 heavy (non-hydrogen) atoms. The Morgan fingerprint density at radius 2 is 1.67 bits per heavy atom. The fourth-order valence-corrected chi connectivity index (χ4v) is 2.53. The Balaban J connectivity index is 0.00000400. The summed E-state index contributed by atoms with van der Waals surface area (Å²) in [5.74, 6) is -2.75. The molecule has 120 valence electrons. The molecule has 1 heterocycles. The van der Waals surface area contributed by atoms with E-state index in [9.17, 15) is 24.4 Å². The van der Waals surface area contributed by atoms with Crippen molar-refractivity contribution >= 4 is 15.6 Å². The summed E-state index contributed by atoms with van der Waals surface area (Å²) in [6.45, 7) is -2.42. The van der Waals surface area contributed by atoms with Crippen LogP contribution in [0.25, 0.3) is 0 Å². The summed E-state index contributed by atoms with van der Waals surface area (Å²) in [6.07, 6.45) is -5.67. The second-order valence-corrected chi connectivity index (χ2v) is 6.32. The largest absolute Gasteiger partial charge is 1.00 e. The molecule has 0 bridgehead atoms. The maximum atomic E-state index is 11.0. The Bertz CT molecular complexity index is 433. The molecule has 1 saturated heterocycles. The van der Waals surface area contributed by atoms with Gasteiger partial charge in [0.25, 0.3) is 0 Å². The minimum Gasteiger partial charge on any atom is -0.851 e. The predicted molar refractivity (Wildman–Crippen MR) is 55.6 cm³/mol. The summed E-state index contributed by atoms with van der Waals surface area (Å²) in [5.41, 5.74) is 0. The second kappa shape index (κ2) is 7.75. The molecule has 4 unspecified atom stereocenters. The average molecular weight is 362 g/mol. The van der Waals surface area contributed by atoms with Crippen LogP contribution in [-0.2, 0) is 22.9 Å². The Kier molecular flexibility index (Phi) is 8.15. The van der Waals surface area contributed by atoms with Crippen molar-refractivity contribution in [2.24, 2.45) is 0 Å². The van der Waals surface area contributed by atoms with Crippen molar-refractivity contribution in [1.82, 2.24) is 0 Å². The molecule has 1 aliphatic heterocycles. The molecule has 1 fully saturated rings. The van der Waals surface area contributed by atoms with E-state index in [1.807, 2.05) is 0 Å². The van der Waals surface area contributed by atoms with E-state index in [1.54, 1.807) is 0 Å². The Labute approximate surface area is 140 Å². The summed E-state index contributed by atoms with van der Waals surface area (Å²) in [5, 5.41) is 30.1. The fourth-order valence-electron chi connectivity index (χ4n) is 1.58. The first-order chi connectivity index (χ1) is 8.90. The minimum atomic E-state index is -5.23. The number of aliphatic hydroxyl groups is 2. The van der Waals surface area contributed by atoms with E-state index in [-0.39, 0.29) is 29.6 Å². The quantitative estimate of drug-likeness (QED) is 0.193. The van der Waals surface area contributed by atoms with Crippen LogP contribution in [0.5, 0.6) is 0 Å². The zero-order valence-corrected chi connectivity index (χ0v) is 14.5. The van der Waals surface area contributed by atoms with Gasteiger partial charge in [-0.15, -0.1) is 0 Å². The number of hydrogen-bond acceptors (Lipinski definition) is 8. The molecule has 12 nitrogen and oxygen atoms in total. The fraction of sp³-hybridized carbons (Fsp3) is 1.00. The van der Waals surface area contributed by atoms with Gasteiger partial charge in [-0.25, -0.2) is 9.13 Å². The van der Waals surface area contributed by atoms with Crippen molar-refractivity contribution in [2.45, 2.75) is 24.1 Å². The monoisotopic (exact) mass is 362 g/mol. The minimum absolute atomic E-state index is 0. The zero-order chi connectivity index (χ0) is 15.8. The van der Waals surface area contributed by atoms with Crippen molar-refractivity contribution in [3.05, 3.63) is 0 Å². The Hall–Kier alpha value is 1.06. The van der Waals surface area contributed by atoms with E-state index >= 15 is 0 Å². The first-order valence-corrected chi connectivity index (χ1v) is 8.05. The third-order valence-electron chi connectivity index (χ3n) is 2.39. The van der Waals surface area contributed by atoms with E-state index < -0.39 is 53.0 Å². The summed E-state index contributed by atoms with van der Waals surface area (Å²) in [7, 11) is -10.1. The van der Waals surface area contributed by atoms with Crippen LogP contribution in [-0.4, -0.2) is 67.1 Å². The molecule has 0 spiro atoms. The molecule has 1 aliphatic rings. The molecule has 0 aliphatic carbocycles. The molecule has 6 N–H and O–H groups in total. The van der Waals surface area contributed by atoms with Gasteiger partial charge in [0.2, 0.25) is 0 Å². The third-order valence-corrected chi connectivity index (χ3v) is 3.42. The van der Waals surface area contributed by atoms with Crippen LogP contribution in [0.3, 0.4) is 0 Å². The van der Waals surface area contributed by atoms with Crippen molar-refractivity contribution in [3.8, 4) is 0 Å². The molecule has 0 aromatic carbocycles. The topological polar surface area (TPSA) is 206 Å². The maximum Gasteiger partial charge on any atom is 1.00 e. The molecule has 0 radical (unpaired) electrons. The molecule has 1 rings (SSSR count). The van der Waals surface area contributed by atoms with Gasteiger partial charge in [0.1, 0.15) is 18.3 Å². The van der Waals surface area contributed by atoms with Gasteiger partial charge in [0.15, 0.2) is 5.79 Å². The first kappa shape index (κ1) is 22.1. The number of phosphoric ester groups is 2. The standard InChI is InChI=1S/C6H13O12P2.Na/c7-2-6(18-20(13,14)15)5(9)4(8)3(17-6)1-16-19(10,11)12;/h3-5,8-9H,1-2H2,(H2,10,11,12)(H2,13,14,15);/q-1;+1. The van der Waals surface area contributed by atoms with Crippen LogP contribution >= 0.6 is 15.6 Å². The van der Waals surface area contributed by atoms with Gasteiger partial charge in [-0.1, -0.05) is 6.61 Å². The normalized spacial score (nSPS) is 33.8. The van der Waals surface area contributed by atoms with E-state index in [0.717, 1.165) is 0 Å². The van der Waals surface area contributed by atoms with Crippen LogP contribution in [0.1, 0.15) is 0 Å². The number of phosphoric acid groups is 2. The first-order valence-electron chi connectivity index (χ1n) is 4.99. The van der Waals surface area contributed by atoms with Crippen molar-refractivity contribution in [2.75, 3.05) is 13.2 Å². The van der Waals surface area contributed by atoms with Crippen molar-refractivity contribution in [1.29, 1.82) is 0 Å². The number of aliphatic hydroxyl groups excluding tert-OH is 2. The summed E-state index contributed by atoms with van der Waals surface area (Å²) < 4.78 is 34.0. The van der Waals surface area contributed by atoms with Gasteiger partial charge in [-0.2, -0.15) is 0 Å². The molecule has 0 saturated carbocycles. The van der Waals surface area contributed by atoms with E-state index in [0.29, 0.717) is 0 Å². The van der Waals surface area contributed by atoms with Crippen molar-refractivity contribution < 1.29 is 87.4 Å². The molecule has 4 atom stereocenters. The zero-order valence-electron chi connectivity index (χ0n) is 10.7. The van der Waals surface area contributed by atoms with Gasteiger partial charge in [0.05, 0.1) is 6.61 Å². The van der Waals surface area contributed by atoms with Crippen LogP contribution in [0.4, 0.5) is 0 Å². The number of hydrogen-bond donors (Lipinski definition) is 6. The smallest absolute Gasteiger partial charge is 0.851 e. The van der Waals surface area contributed by atoms with Crippen LogP contribution in [0.2, 0.25) is 0 Å². The van der Waals surface area contributed by atoms with Crippen LogP contribution in [0.15, 0.2) is 0 Å². The SMILES string of the molecule is O=P(O)(O)OCC1OC(C[O-])(OP(=O)(O)O)C(O)C1O.[Na+]. The Morgan fingerprint density at radius 3 is 2.05 bits per heavy atom. The van der Waals surface area contributed by atoms with Gasteiger partial charge < -0.3 is 39.6 Å². The molecular formula is C6H13NaO12P2. The molecule has 0 aromatic rings. The maximum absolute atomic E-state index is 11.0. The average Bonchev–Trinajstić information content (AvgIpc) is 2.49. The molecule has 0 amide bonds. The van der Waals surface area contributed by atoms with Gasteiger partial charge >= 0.3 is 45.2 Å². The van der Waals surface area contributed by atoms with Crippen LogP contribution < -0.4 is 34.7 Å². The second-order valence-electron chi connectivity index (χ2n) is 3.92. The number of ether oxygens (including phenoxy) is 1. The van der Waals surface area contributed by atoms with E-state index in [1.165, 1.54) is 0 Å². The molecular weight excluding hydrogens is 349 g/mol. The van der Waals surface area contributed by atoms with E-state index in [4.69, 9.17) is 24.3 Å².